The maximum atomic E-state index is 13.0. The minimum atomic E-state index is -0.720. The van der Waals surface area contributed by atoms with Crippen LogP contribution in [0.15, 0.2) is 36.4 Å². The lowest BCUT2D eigenvalue weighted by molar-refractivity contribution is 0.468. The number of nitrogens with zero attached hydrogens (tertiary/aromatic N) is 1. The van der Waals surface area contributed by atoms with Gasteiger partial charge in [0.2, 0.25) is 0 Å². The largest absolute Gasteiger partial charge is 0.457 e. The summed E-state index contributed by atoms with van der Waals surface area (Å²) in [6.45, 7) is 0. The Morgan fingerprint density at radius 2 is 1.74 bits per heavy atom. The fourth-order valence-corrected chi connectivity index (χ4v) is 1.61. The third-order valence-corrected chi connectivity index (χ3v) is 2.46. The molecule has 2 aromatic carbocycles. The second kappa shape index (κ2) is 5.36. The lowest BCUT2D eigenvalue weighted by atomic mass is 10.1. The van der Waals surface area contributed by atoms with Crippen molar-refractivity contribution in [3.05, 3.63) is 53.6 Å². The standard InChI is InChI=1S/C14H10F2N2O/c15-10-6-11(16)8-13(7-10)19-12-1-2-14(18)9(5-12)3-4-17/h1-2,5-8H,3,18H2. The van der Waals surface area contributed by atoms with Crippen LogP contribution in [-0.4, -0.2) is 0 Å². The molecule has 2 aromatic rings. The van der Waals surface area contributed by atoms with Gasteiger partial charge in [-0.2, -0.15) is 5.26 Å². The van der Waals surface area contributed by atoms with E-state index < -0.39 is 11.6 Å². The van der Waals surface area contributed by atoms with Crippen molar-refractivity contribution in [3.63, 3.8) is 0 Å². The summed E-state index contributed by atoms with van der Waals surface area (Å²) in [6, 6.07) is 9.61. The van der Waals surface area contributed by atoms with Gasteiger partial charge in [0, 0.05) is 23.9 Å². The molecule has 96 valence electrons. The van der Waals surface area contributed by atoms with Crippen LogP contribution in [0, 0.1) is 23.0 Å². The van der Waals surface area contributed by atoms with E-state index in [0.29, 0.717) is 17.0 Å². The molecule has 0 bridgehead atoms. The summed E-state index contributed by atoms with van der Waals surface area (Å²) in [5.74, 6) is -1.03. The molecule has 0 unspecified atom stereocenters. The molecule has 0 radical (unpaired) electrons. The van der Waals surface area contributed by atoms with Crippen LogP contribution in [0.5, 0.6) is 11.5 Å². The summed E-state index contributed by atoms with van der Waals surface area (Å²) >= 11 is 0. The number of hydrogen-bond acceptors (Lipinski definition) is 3. The molecule has 0 spiro atoms. The van der Waals surface area contributed by atoms with Gasteiger partial charge >= 0.3 is 0 Å². The van der Waals surface area contributed by atoms with E-state index >= 15 is 0 Å². The van der Waals surface area contributed by atoms with Crippen LogP contribution in [0.3, 0.4) is 0 Å². The lowest BCUT2D eigenvalue weighted by Crippen LogP contribution is -1.95. The highest BCUT2D eigenvalue weighted by Crippen LogP contribution is 2.26. The van der Waals surface area contributed by atoms with Gasteiger partial charge in [0.1, 0.15) is 23.1 Å². The Balaban J connectivity index is 2.28. The van der Waals surface area contributed by atoms with E-state index in [0.717, 1.165) is 18.2 Å². The van der Waals surface area contributed by atoms with Crippen molar-refractivity contribution in [2.75, 3.05) is 5.73 Å². The second-order valence-corrected chi connectivity index (χ2v) is 3.90. The van der Waals surface area contributed by atoms with Gasteiger partial charge in [0.05, 0.1) is 12.5 Å². The summed E-state index contributed by atoms with van der Waals surface area (Å²) < 4.78 is 31.4. The molecule has 0 aromatic heterocycles. The van der Waals surface area contributed by atoms with Gasteiger partial charge in [-0.05, 0) is 23.8 Å². The Hall–Kier alpha value is -2.61. The number of halogens is 2. The summed E-state index contributed by atoms with van der Waals surface area (Å²) in [4.78, 5) is 0. The number of nitrogens with two attached hydrogens (primary N) is 1. The van der Waals surface area contributed by atoms with Crippen molar-refractivity contribution >= 4 is 5.69 Å². The van der Waals surface area contributed by atoms with Gasteiger partial charge in [-0.3, -0.25) is 0 Å². The molecule has 0 heterocycles. The molecule has 5 heteroatoms. The fraction of sp³-hybridized carbons (Fsp3) is 0.0714. The number of hydrogen-bond donors (Lipinski definition) is 1. The van der Waals surface area contributed by atoms with Gasteiger partial charge in [-0.1, -0.05) is 0 Å². The molecule has 0 atom stereocenters. The first kappa shape index (κ1) is 12.8. The summed E-state index contributed by atoms with van der Waals surface area (Å²) in [5.41, 5.74) is 6.77. The van der Waals surface area contributed by atoms with Crippen LogP contribution >= 0.6 is 0 Å². The number of benzene rings is 2. The van der Waals surface area contributed by atoms with Crippen molar-refractivity contribution in [1.29, 1.82) is 5.26 Å². The first-order valence-corrected chi connectivity index (χ1v) is 5.48. The SMILES string of the molecule is N#CCc1cc(Oc2cc(F)cc(F)c2)ccc1N. The van der Waals surface area contributed by atoms with Crippen molar-refractivity contribution in [2.45, 2.75) is 6.42 Å². The fourth-order valence-electron chi connectivity index (χ4n) is 1.61. The van der Waals surface area contributed by atoms with E-state index in [9.17, 15) is 8.78 Å². The van der Waals surface area contributed by atoms with E-state index in [1.807, 2.05) is 6.07 Å². The number of rotatable bonds is 3. The van der Waals surface area contributed by atoms with E-state index in [1.54, 1.807) is 18.2 Å². The molecule has 0 aliphatic rings. The minimum Gasteiger partial charge on any atom is -0.457 e. The third kappa shape index (κ3) is 3.19. The zero-order valence-electron chi connectivity index (χ0n) is 9.86. The topological polar surface area (TPSA) is 59.0 Å². The van der Waals surface area contributed by atoms with Crippen molar-refractivity contribution in [1.82, 2.24) is 0 Å². The molecule has 0 saturated carbocycles. The maximum absolute atomic E-state index is 13.0. The monoisotopic (exact) mass is 260 g/mol. The Morgan fingerprint density at radius 3 is 2.37 bits per heavy atom. The highest BCUT2D eigenvalue weighted by Gasteiger charge is 2.05. The molecule has 0 amide bonds. The van der Waals surface area contributed by atoms with E-state index in [-0.39, 0.29) is 12.2 Å². The predicted molar refractivity (Wildman–Crippen MR) is 66.6 cm³/mol. The summed E-state index contributed by atoms with van der Waals surface area (Å²) in [5, 5.41) is 8.65. The van der Waals surface area contributed by atoms with Gasteiger partial charge in [0.15, 0.2) is 0 Å². The average molecular weight is 260 g/mol. The van der Waals surface area contributed by atoms with E-state index in [4.69, 9.17) is 15.7 Å². The van der Waals surface area contributed by atoms with Gasteiger partial charge in [0.25, 0.3) is 0 Å². The first-order chi connectivity index (χ1) is 9.08. The zero-order chi connectivity index (χ0) is 13.8. The molecule has 2 N–H and O–H groups in total. The van der Waals surface area contributed by atoms with Crippen LogP contribution in [0.2, 0.25) is 0 Å². The quantitative estimate of drug-likeness (QED) is 0.860. The number of nitrogen functional groups attached to an aromatic ring is 1. The van der Waals surface area contributed by atoms with Crippen molar-refractivity contribution in [2.24, 2.45) is 0 Å². The molecular formula is C14H10F2N2O. The summed E-state index contributed by atoms with van der Waals surface area (Å²) in [7, 11) is 0. The van der Waals surface area contributed by atoms with Crippen LogP contribution < -0.4 is 10.5 Å². The molecule has 19 heavy (non-hydrogen) atoms. The Labute approximate surface area is 108 Å². The maximum Gasteiger partial charge on any atom is 0.133 e. The Kier molecular flexibility index (Phi) is 3.62. The molecule has 3 nitrogen and oxygen atoms in total. The highest BCUT2D eigenvalue weighted by atomic mass is 19.1. The molecule has 0 saturated heterocycles. The van der Waals surface area contributed by atoms with E-state index in [1.165, 1.54) is 0 Å². The molecule has 0 aliphatic heterocycles. The molecule has 0 fully saturated rings. The Morgan fingerprint density at radius 1 is 1.05 bits per heavy atom. The van der Waals surface area contributed by atoms with Crippen molar-refractivity contribution in [3.8, 4) is 17.6 Å². The molecular weight excluding hydrogens is 250 g/mol. The van der Waals surface area contributed by atoms with Gasteiger partial charge < -0.3 is 10.5 Å². The second-order valence-electron chi connectivity index (χ2n) is 3.90. The molecule has 2 rings (SSSR count). The smallest absolute Gasteiger partial charge is 0.133 e. The van der Waals surface area contributed by atoms with Gasteiger partial charge in [-0.15, -0.1) is 0 Å². The summed E-state index contributed by atoms with van der Waals surface area (Å²) in [6.07, 6.45) is 0.139. The average Bonchev–Trinajstić information content (AvgIpc) is 2.32. The first-order valence-electron chi connectivity index (χ1n) is 5.48. The van der Waals surface area contributed by atoms with Crippen molar-refractivity contribution < 1.29 is 13.5 Å². The number of nitriles is 1. The van der Waals surface area contributed by atoms with E-state index in [2.05, 4.69) is 0 Å². The number of ether oxygens (including phenoxy) is 1. The van der Waals surface area contributed by atoms with Crippen LogP contribution in [0.1, 0.15) is 5.56 Å². The normalized spacial score (nSPS) is 9.95. The predicted octanol–water partition coefficient (Wildman–Crippen LogP) is 3.41. The zero-order valence-corrected chi connectivity index (χ0v) is 9.86. The van der Waals surface area contributed by atoms with Gasteiger partial charge in [-0.25, -0.2) is 8.78 Å². The van der Waals surface area contributed by atoms with Crippen LogP contribution in [-0.2, 0) is 6.42 Å². The number of anilines is 1. The Bertz CT molecular complexity index is 630. The minimum absolute atomic E-state index is 0.0465. The lowest BCUT2D eigenvalue weighted by Gasteiger charge is -2.08. The van der Waals surface area contributed by atoms with Crippen LogP contribution in [0.25, 0.3) is 0 Å². The van der Waals surface area contributed by atoms with Crippen LogP contribution in [0.4, 0.5) is 14.5 Å². The highest BCUT2D eigenvalue weighted by molar-refractivity contribution is 5.52. The third-order valence-electron chi connectivity index (χ3n) is 2.46. The molecule has 0 aliphatic carbocycles.